The van der Waals surface area contributed by atoms with E-state index in [4.69, 9.17) is 0 Å². The van der Waals surface area contributed by atoms with E-state index in [-0.39, 0.29) is 6.04 Å². The van der Waals surface area contributed by atoms with Crippen LogP contribution in [0.3, 0.4) is 0 Å². The number of fused-ring (bicyclic) bond motifs is 7. The number of benzene rings is 2. The van der Waals surface area contributed by atoms with Crippen molar-refractivity contribution < 1.29 is 27.6 Å². The molecule has 0 radical (unpaired) electrons. The predicted octanol–water partition coefficient (Wildman–Crippen LogP) is 3.45. The second kappa shape index (κ2) is 6.44. The minimum Gasteiger partial charge on any atom is -0.324 e. The number of hydrogen-bond acceptors (Lipinski definition) is 4. The highest BCUT2D eigenvalue weighted by molar-refractivity contribution is 6.26. The molecular weight excluding hydrogens is 435 g/mol. The summed E-state index contributed by atoms with van der Waals surface area (Å²) in [5.74, 6) is -3.77. The molecule has 33 heavy (non-hydrogen) atoms. The molecule has 2 aromatic rings. The van der Waals surface area contributed by atoms with Crippen LogP contribution in [0.5, 0.6) is 0 Å². The molecule has 170 valence electrons. The molecule has 0 aliphatic carbocycles. The summed E-state index contributed by atoms with van der Waals surface area (Å²) in [4.78, 5) is 43.7. The Morgan fingerprint density at radius 1 is 1.06 bits per heavy atom. The summed E-state index contributed by atoms with van der Waals surface area (Å²) in [5, 5.41) is 2.87. The van der Waals surface area contributed by atoms with E-state index in [1.165, 1.54) is 12.1 Å². The van der Waals surface area contributed by atoms with Gasteiger partial charge in [0, 0.05) is 17.3 Å². The normalized spacial score (nSPS) is 30.7. The van der Waals surface area contributed by atoms with Crippen molar-refractivity contribution in [3.63, 3.8) is 0 Å². The molecule has 1 spiro atoms. The number of imide groups is 1. The lowest BCUT2D eigenvalue weighted by Crippen LogP contribution is -2.54. The predicted molar refractivity (Wildman–Crippen MR) is 112 cm³/mol. The van der Waals surface area contributed by atoms with E-state index < -0.39 is 52.5 Å². The van der Waals surface area contributed by atoms with Gasteiger partial charge in [-0.05, 0) is 44.5 Å². The summed E-state index contributed by atoms with van der Waals surface area (Å²) in [6.45, 7) is 2.41. The third kappa shape index (κ3) is 2.40. The van der Waals surface area contributed by atoms with Crippen molar-refractivity contribution in [2.45, 2.75) is 37.5 Å². The van der Waals surface area contributed by atoms with Gasteiger partial charge in [-0.3, -0.25) is 19.3 Å². The van der Waals surface area contributed by atoms with Crippen molar-refractivity contribution in [2.24, 2.45) is 11.8 Å². The fourth-order valence-electron chi connectivity index (χ4n) is 6.46. The first-order valence-corrected chi connectivity index (χ1v) is 10.9. The van der Waals surface area contributed by atoms with Crippen LogP contribution >= 0.6 is 0 Å². The van der Waals surface area contributed by atoms with Crippen LogP contribution in [-0.2, 0) is 26.1 Å². The van der Waals surface area contributed by atoms with Crippen LogP contribution in [0.1, 0.15) is 29.5 Å². The first-order chi connectivity index (χ1) is 15.7. The summed E-state index contributed by atoms with van der Waals surface area (Å²) in [6, 6.07) is 9.68. The molecule has 0 bridgehead atoms. The van der Waals surface area contributed by atoms with E-state index in [2.05, 4.69) is 5.32 Å². The van der Waals surface area contributed by atoms with E-state index in [1.54, 1.807) is 6.07 Å². The first-order valence-electron chi connectivity index (χ1n) is 10.9. The van der Waals surface area contributed by atoms with Crippen molar-refractivity contribution in [3.05, 3.63) is 59.2 Å². The van der Waals surface area contributed by atoms with Crippen LogP contribution in [0.2, 0.25) is 0 Å². The zero-order valence-corrected chi connectivity index (χ0v) is 17.6. The van der Waals surface area contributed by atoms with Crippen molar-refractivity contribution in [2.75, 3.05) is 16.8 Å². The third-order valence-electron chi connectivity index (χ3n) is 7.60. The lowest BCUT2D eigenvalue weighted by molar-refractivity contribution is -0.138. The van der Waals surface area contributed by atoms with Crippen molar-refractivity contribution >= 4 is 29.1 Å². The highest BCUT2D eigenvalue weighted by Gasteiger charge is 2.74. The van der Waals surface area contributed by atoms with Gasteiger partial charge in [-0.2, -0.15) is 13.2 Å². The molecule has 1 N–H and O–H groups in total. The van der Waals surface area contributed by atoms with E-state index in [9.17, 15) is 27.6 Å². The molecule has 3 amide bonds. The number of anilines is 2. The number of carbonyl (C=O) groups excluding carboxylic acids is 3. The van der Waals surface area contributed by atoms with E-state index in [0.717, 1.165) is 24.1 Å². The largest absolute Gasteiger partial charge is 0.418 e. The second-order valence-corrected chi connectivity index (χ2v) is 9.20. The molecule has 6 nitrogen and oxygen atoms in total. The SMILES string of the molecule is Cc1ccc2c(c1)C1(C(=O)N2)C2C(=O)N(c3ccccc3C(F)(F)F)C(=O)C2C2CCCN21. The number of amides is 3. The quantitative estimate of drug-likeness (QED) is 0.669. The van der Waals surface area contributed by atoms with Crippen LogP contribution in [-0.4, -0.2) is 35.2 Å². The number of rotatable bonds is 1. The van der Waals surface area contributed by atoms with Gasteiger partial charge in [-0.15, -0.1) is 0 Å². The molecule has 0 aromatic heterocycles. The van der Waals surface area contributed by atoms with Gasteiger partial charge in [-0.25, -0.2) is 4.90 Å². The number of para-hydroxylation sites is 1. The second-order valence-electron chi connectivity index (χ2n) is 9.20. The zero-order valence-electron chi connectivity index (χ0n) is 17.6. The number of alkyl halides is 3. The first kappa shape index (κ1) is 20.4. The average Bonchev–Trinajstić information content (AvgIpc) is 3.46. The average molecular weight is 455 g/mol. The summed E-state index contributed by atoms with van der Waals surface area (Å²) in [5.41, 5.74) is -0.833. The van der Waals surface area contributed by atoms with Crippen LogP contribution < -0.4 is 10.2 Å². The maximum atomic E-state index is 13.8. The number of nitrogens with one attached hydrogen (secondary N) is 1. The van der Waals surface area contributed by atoms with Crippen molar-refractivity contribution in [3.8, 4) is 0 Å². The summed E-state index contributed by atoms with van der Waals surface area (Å²) in [6.07, 6.45) is -3.39. The van der Waals surface area contributed by atoms with Crippen molar-refractivity contribution in [1.29, 1.82) is 0 Å². The molecule has 4 aliphatic heterocycles. The molecule has 6 rings (SSSR count). The Balaban J connectivity index is 1.56. The minimum absolute atomic E-state index is 0.383. The van der Waals surface area contributed by atoms with E-state index >= 15 is 0 Å². The van der Waals surface area contributed by atoms with Crippen LogP contribution in [0.4, 0.5) is 24.5 Å². The van der Waals surface area contributed by atoms with Crippen LogP contribution in [0.25, 0.3) is 0 Å². The number of nitrogens with zero attached hydrogens (tertiary/aromatic N) is 2. The number of halogens is 3. The topological polar surface area (TPSA) is 69.7 Å². The molecule has 4 atom stereocenters. The van der Waals surface area contributed by atoms with Crippen molar-refractivity contribution in [1.82, 2.24) is 4.90 Å². The van der Waals surface area contributed by atoms with Gasteiger partial charge >= 0.3 is 6.18 Å². The van der Waals surface area contributed by atoms with Gasteiger partial charge in [-0.1, -0.05) is 29.8 Å². The Labute approximate surface area is 187 Å². The summed E-state index contributed by atoms with van der Waals surface area (Å²) >= 11 is 0. The Morgan fingerprint density at radius 3 is 2.58 bits per heavy atom. The summed E-state index contributed by atoms with van der Waals surface area (Å²) in [7, 11) is 0. The van der Waals surface area contributed by atoms with Crippen LogP contribution in [0.15, 0.2) is 42.5 Å². The lowest BCUT2D eigenvalue weighted by Gasteiger charge is -2.37. The van der Waals surface area contributed by atoms with Gasteiger partial charge in [0.2, 0.25) is 17.7 Å². The molecule has 3 saturated heterocycles. The Bertz CT molecular complexity index is 1240. The maximum absolute atomic E-state index is 13.8. The number of hydrogen-bond donors (Lipinski definition) is 1. The Hall–Kier alpha value is -3.20. The minimum atomic E-state index is -4.74. The van der Waals surface area contributed by atoms with E-state index in [0.29, 0.717) is 29.1 Å². The zero-order chi connectivity index (χ0) is 23.3. The van der Waals surface area contributed by atoms with Gasteiger partial charge in [0.1, 0.15) is 5.54 Å². The van der Waals surface area contributed by atoms with Gasteiger partial charge in [0.05, 0.1) is 23.1 Å². The highest BCUT2D eigenvalue weighted by Crippen LogP contribution is 2.61. The standard InChI is InChI=1S/C24H20F3N3O3/c1-12-8-9-15-14(11-12)23(22(33)28-15)19-18(17-7-4-10-29(17)23)20(31)30(21(19)32)16-6-3-2-5-13(16)24(25,26)27/h2-3,5-6,8-9,11,17-19H,4,7,10H2,1H3,(H,28,33). The summed E-state index contributed by atoms with van der Waals surface area (Å²) < 4.78 is 41.2. The fraction of sp³-hybridized carbons (Fsp3) is 0.375. The fourth-order valence-corrected chi connectivity index (χ4v) is 6.46. The molecule has 4 aliphatic rings. The lowest BCUT2D eigenvalue weighted by atomic mass is 9.75. The van der Waals surface area contributed by atoms with E-state index in [1.807, 2.05) is 24.0 Å². The maximum Gasteiger partial charge on any atom is 0.418 e. The molecule has 2 aromatic carbocycles. The Kier molecular flexibility index (Phi) is 3.98. The molecule has 4 unspecified atom stereocenters. The molecular formula is C24H20F3N3O3. The Morgan fingerprint density at radius 2 is 1.82 bits per heavy atom. The number of carbonyl (C=O) groups is 3. The van der Waals surface area contributed by atoms with Gasteiger partial charge in [0.25, 0.3) is 0 Å². The van der Waals surface area contributed by atoms with Crippen LogP contribution in [0, 0.1) is 18.8 Å². The van der Waals surface area contributed by atoms with Gasteiger partial charge < -0.3 is 5.32 Å². The molecule has 4 heterocycles. The molecule has 9 heteroatoms. The number of aryl methyl sites for hydroxylation is 1. The smallest absolute Gasteiger partial charge is 0.324 e. The molecule has 3 fully saturated rings. The van der Waals surface area contributed by atoms with Gasteiger partial charge in [0.15, 0.2) is 0 Å². The third-order valence-corrected chi connectivity index (χ3v) is 7.60. The highest BCUT2D eigenvalue weighted by atomic mass is 19.4. The molecule has 0 saturated carbocycles. The monoisotopic (exact) mass is 455 g/mol.